The van der Waals surface area contributed by atoms with E-state index in [1.54, 1.807) is 0 Å². The van der Waals surface area contributed by atoms with Crippen LogP contribution in [0.15, 0.2) is 33.7 Å². The molecule has 2 N–H and O–H groups in total. The van der Waals surface area contributed by atoms with E-state index in [9.17, 15) is 0 Å². The fraction of sp³-hybridized carbons (Fsp3) is 0.588. The maximum atomic E-state index is 4.40. The van der Waals surface area contributed by atoms with Crippen LogP contribution in [0.4, 0.5) is 0 Å². The lowest BCUT2D eigenvalue weighted by Gasteiger charge is -2.17. The normalized spacial score (nSPS) is 31.1. The lowest BCUT2D eigenvalue weighted by Crippen LogP contribution is -2.43. The van der Waals surface area contributed by atoms with E-state index in [4.69, 9.17) is 0 Å². The van der Waals surface area contributed by atoms with Gasteiger partial charge in [0.1, 0.15) is 0 Å². The number of benzene rings is 1. The van der Waals surface area contributed by atoms with Gasteiger partial charge in [-0.2, -0.15) is 11.8 Å². The summed E-state index contributed by atoms with van der Waals surface area (Å²) in [5, 5.41) is 8.00. The van der Waals surface area contributed by atoms with Crippen LogP contribution in [-0.2, 0) is 0 Å². The Bertz CT molecular complexity index is 531. The molecule has 0 aliphatic heterocycles. The molecular weight excluding hydrogens is 358 g/mol. The van der Waals surface area contributed by atoms with E-state index >= 15 is 0 Å². The summed E-state index contributed by atoms with van der Waals surface area (Å²) >= 11 is 5.49. The predicted molar refractivity (Wildman–Crippen MR) is 99.9 cm³/mol. The standard InChI is InChI=1S/C17H24BrN3S/c1-19-17(20-13-7-8-14(9-13)22-2)21-16-10-15(16)11-3-5-12(18)6-4-11/h3-6,13-16H,7-10H2,1-2H3,(H2,19,20,21). The molecule has 5 heteroatoms. The topological polar surface area (TPSA) is 36.4 Å². The van der Waals surface area contributed by atoms with Crippen molar-refractivity contribution >= 4 is 33.7 Å². The Morgan fingerprint density at radius 2 is 1.95 bits per heavy atom. The number of guanidine groups is 1. The van der Waals surface area contributed by atoms with E-state index in [1.165, 1.54) is 31.2 Å². The summed E-state index contributed by atoms with van der Waals surface area (Å²) in [7, 11) is 1.87. The molecule has 2 saturated carbocycles. The first-order valence-corrected chi connectivity index (χ1v) is 10.1. The van der Waals surface area contributed by atoms with Gasteiger partial charge in [-0.1, -0.05) is 28.1 Å². The maximum Gasteiger partial charge on any atom is 0.191 e. The van der Waals surface area contributed by atoms with E-state index in [0.29, 0.717) is 18.0 Å². The highest BCUT2D eigenvalue weighted by atomic mass is 79.9. The summed E-state index contributed by atoms with van der Waals surface area (Å²) in [4.78, 5) is 4.40. The van der Waals surface area contributed by atoms with Crippen LogP contribution in [0, 0.1) is 0 Å². The van der Waals surface area contributed by atoms with Crippen molar-refractivity contribution in [3.63, 3.8) is 0 Å². The molecule has 0 spiro atoms. The van der Waals surface area contributed by atoms with Gasteiger partial charge in [0.2, 0.25) is 0 Å². The first kappa shape index (κ1) is 16.2. The Balaban J connectivity index is 1.49. The molecule has 0 aromatic heterocycles. The molecule has 0 radical (unpaired) electrons. The average Bonchev–Trinajstić information content (AvgIpc) is 3.14. The van der Waals surface area contributed by atoms with Crippen molar-refractivity contribution in [3.8, 4) is 0 Å². The minimum atomic E-state index is 0.519. The molecule has 120 valence electrons. The predicted octanol–water partition coefficient (Wildman–Crippen LogP) is 3.75. The number of thioether (sulfide) groups is 1. The van der Waals surface area contributed by atoms with E-state index in [1.807, 2.05) is 18.8 Å². The van der Waals surface area contributed by atoms with Crippen LogP contribution in [0.1, 0.15) is 37.2 Å². The Hall–Kier alpha value is -0.680. The quantitative estimate of drug-likeness (QED) is 0.615. The molecule has 3 nitrogen and oxygen atoms in total. The van der Waals surface area contributed by atoms with Crippen LogP contribution in [0.2, 0.25) is 0 Å². The van der Waals surface area contributed by atoms with Gasteiger partial charge in [-0.05, 0) is 49.6 Å². The molecule has 0 bridgehead atoms. The van der Waals surface area contributed by atoms with E-state index < -0.39 is 0 Å². The van der Waals surface area contributed by atoms with Crippen LogP contribution in [0.5, 0.6) is 0 Å². The largest absolute Gasteiger partial charge is 0.354 e. The number of hydrogen-bond donors (Lipinski definition) is 2. The van der Waals surface area contributed by atoms with Crippen LogP contribution in [-0.4, -0.2) is 36.6 Å². The molecule has 0 amide bonds. The van der Waals surface area contributed by atoms with Crippen molar-refractivity contribution in [2.24, 2.45) is 4.99 Å². The number of nitrogens with one attached hydrogen (secondary N) is 2. The van der Waals surface area contributed by atoms with Gasteiger partial charge in [-0.15, -0.1) is 0 Å². The van der Waals surface area contributed by atoms with Gasteiger partial charge >= 0.3 is 0 Å². The molecule has 1 aromatic rings. The molecule has 0 saturated heterocycles. The molecule has 3 rings (SSSR count). The molecule has 22 heavy (non-hydrogen) atoms. The first-order chi connectivity index (χ1) is 10.7. The second-order valence-electron chi connectivity index (χ2n) is 6.23. The third-order valence-electron chi connectivity index (χ3n) is 4.69. The van der Waals surface area contributed by atoms with Crippen molar-refractivity contribution in [1.29, 1.82) is 0 Å². The second kappa shape index (κ2) is 7.26. The maximum absolute atomic E-state index is 4.40. The number of hydrogen-bond acceptors (Lipinski definition) is 2. The molecule has 1 aromatic carbocycles. The van der Waals surface area contributed by atoms with Crippen molar-refractivity contribution < 1.29 is 0 Å². The number of halogens is 1. The Morgan fingerprint density at radius 1 is 1.18 bits per heavy atom. The molecule has 4 unspecified atom stereocenters. The Kier molecular flexibility index (Phi) is 5.34. The molecule has 2 aliphatic rings. The second-order valence-corrected chi connectivity index (χ2v) is 8.28. The number of nitrogens with zero attached hydrogens (tertiary/aromatic N) is 1. The van der Waals surface area contributed by atoms with Crippen molar-refractivity contribution in [3.05, 3.63) is 34.3 Å². The van der Waals surface area contributed by atoms with Crippen LogP contribution in [0.3, 0.4) is 0 Å². The summed E-state index contributed by atoms with van der Waals surface area (Å²) in [6.45, 7) is 0. The minimum Gasteiger partial charge on any atom is -0.354 e. The van der Waals surface area contributed by atoms with Crippen molar-refractivity contribution in [2.45, 2.75) is 48.9 Å². The number of aliphatic imine (C=N–C) groups is 1. The average molecular weight is 382 g/mol. The first-order valence-electron chi connectivity index (χ1n) is 7.97. The van der Waals surface area contributed by atoms with Crippen LogP contribution < -0.4 is 10.6 Å². The SMILES string of the molecule is CN=C(NC1CCC(SC)C1)NC1CC1c1ccc(Br)cc1. The zero-order valence-corrected chi connectivity index (χ0v) is 15.6. The van der Waals surface area contributed by atoms with Crippen LogP contribution >= 0.6 is 27.7 Å². The van der Waals surface area contributed by atoms with Crippen molar-refractivity contribution in [1.82, 2.24) is 10.6 Å². The molecule has 4 atom stereocenters. The smallest absolute Gasteiger partial charge is 0.191 e. The highest BCUT2D eigenvalue weighted by Gasteiger charge is 2.39. The zero-order chi connectivity index (χ0) is 15.5. The van der Waals surface area contributed by atoms with Gasteiger partial charge in [0.15, 0.2) is 5.96 Å². The summed E-state index contributed by atoms with van der Waals surface area (Å²) < 4.78 is 1.14. The van der Waals surface area contributed by atoms with Gasteiger partial charge in [0, 0.05) is 34.8 Å². The highest BCUT2D eigenvalue weighted by molar-refractivity contribution is 9.10. The molecular formula is C17H24BrN3S. The Morgan fingerprint density at radius 3 is 2.59 bits per heavy atom. The fourth-order valence-corrected chi connectivity index (χ4v) is 4.32. The molecule has 0 heterocycles. The fourth-order valence-electron chi connectivity index (χ4n) is 3.26. The Labute approximate surface area is 145 Å². The van der Waals surface area contributed by atoms with Gasteiger partial charge in [-0.3, -0.25) is 4.99 Å². The van der Waals surface area contributed by atoms with Gasteiger partial charge in [-0.25, -0.2) is 0 Å². The van der Waals surface area contributed by atoms with Gasteiger partial charge in [0.05, 0.1) is 0 Å². The summed E-state index contributed by atoms with van der Waals surface area (Å²) in [6, 6.07) is 9.77. The van der Waals surface area contributed by atoms with Gasteiger partial charge < -0.3 is 10.6 Å². The van der Waals surface area contributed by atoms with Crippen LogP contribution in [0.25, 0.3) is 0 Å². The van der Waals surface area contributed by atoms with E-state index in [-0.39, 0.29) is 0 Å². The minimum absolute atomic E-state index is 0.519. The lowest BCUT2D eigenvalue weighted by atomic mass is 10.1. The lowest BCUT2D eigenvalue weighted by molar-refractivity contribution is 0.613. The molecule has 2 fully saturated rings. The molecule has 2 aliphatic carbocycles. The van der Waals surface area contributed by atoms with E-state index in [0.717, 1.165) is 15.7 Å². The van der Waals surface area contributed by atoms with E-state index in [2.05, 4.69) is 62.1 Å². The third-order valence-corrected chi connectivity index (χ3v) is 6.32. The zero-order valence-electron chi connectivity index (χ0n) is 13.2. The van der Waals surface area contributed by atoms with Crippen molar-refractivity contribution in [2.75, 3.05) is 13.3 Å². The number of rotatable bonds is 4. The summed E-state index contributed by atoms with van der Waals surface area (Å²) in [5.41, 5.74) is 1.42. The summed E-state index contributed by atoms with van der Waals surface area (Å²) in [6.07, 6.45) is 7.24. The third kappa shape index (κ3) is 3.99. The highest BCUT2D eigenvalue weighted by Crippen LogP contribution is 2.41. The summed E-state index contributed by atoms with van der Waals surface area (Å²) in [5.74, 6) is 1.59. The van der Waals surface area contributed by atoms with Gasteiger partial charge in [0.25, 0.3) is 0 Å². The monoisotopic (exact) mass is 381 g/mol.